The third-order valence-corrected chi connectivity index (χ3v) is 6.79. The van der Waals surface area contributed by atoms with Crippen LogP contribution in [0.3, 0.4) is 0 Å². The largest absolute Gasteiger partial charge is 0.435 e. The number of rotatable bonds is 8. The van der Waals surface area contributed by atoms with Gasteiger partial charge in [-0.05, 0) is 61.8 Å². The minimum atomic E-state index is -1.65. The van der Waals surface area contributed by atoms with Gasteiger partial charge in [0.2, 0.25) is 17.6 Å². The van der Waals surface area contributed by atoms with E-state index in [0.717, 1.165) is 5.56 Å². The Morgan fingerprint density at radius 1 is 0.923 bits per heavy atom. The minimum Gasteiger partial charge on any atom is -0.435 e. The van der Waals surface area contributed by atoms with E-state index in [4.69, 9.17) is 4.74 Å². The Bertz CT molecular complexity index is 1380. The predicted octanol–water partition coefficient (Wildman–Crippen LogP) is 5.69. The van der Waals surface area contributed by atoms with Crippen molar-refractivity contribution < 1.29 is 17.7 Å². The summed E-state index contributed by atoms with van der Waals surface area (Å²) in [5.74, 6) is -2.22. The highest BCUT2D eigenvalue weighted by Gasteiger charge is 2.19. The van der Waals surface area contributed by atoms with Crippen molar-refractivity contribution in [1.29, 1.82) is 0 Å². The first-order chi connectivity index (χ1) is 19.0. The van der Waals surface area contributed by atoms with E-state index in [2.05, 4.69) is 30.3 Å². The van der Waals surface area contributed by atoms with Crippen molar-refractivity contribution in [2.75, 3.05) is 30.2 Å². The number of pyridine rings is 1. The molecule has 3 heterocycles. The summed E-state index contributed by atoms with van der Waals surface area (Å²) in [4.78, 5) is 12.5. The molecule has 0 aliphatic carbocycles. The van der Waals surface area contributed by atoms with Gasteiger partial charge >= 0.3 is 0 Å². The van der Waals surface area contributed by atoms with Gasteiger partial charge in [-0.1, -0.05) is 36.8 Å². The molecule has 3 N–H and O–H groups in total. The molecule has 4 aromatic rings. The summed E-state index contributed by atoms with van der Waals surface area (Å²) in [5, 5.41) is 6.12. The second-order valence-electron chi connectivity index (χ2n) is 8.60. The standard InChI is InChI=1S/C23H19F2N5O2S.C5H11N/c1-26-23-28-13-11-17(29-23)16-8-5-12-27-22(16)32-19-10-9-18(20(24)21(19)25)30-33(31)14-15-6-3-2-4-7-15;1-2-4-6-5-3-1/h2-13,30H,14H2,1H3,(H,26,28,29);6H,1-5H2. The number of hydrogen-bond donors (Lipinski definition) is 3. The molecule has 1 aliphatic rings. The molecule has 1 aliphatic heterocycles. The highest BCUT2D eigenvalue weighted by Crippen LogP contribution is 2.34. The Labute approximate surface area is 228 Å². The van der Waals surface area contributed by atoms with E-state index in [1.807, 2.05) is 18.2 Å². The Balaban J connectivity index is 0.000000519. The summed E-state index contributed by atoms with van der Waals surface area (Å²) in [7, 11) is 0.0341. The van der Waals surface area contributed by atoms with Gasteiger partial charge in [-0.15, -0.1) is 0 Å². The maximum atomic E-state index is 14.8. The molecule has 2 aromatic heterocycles. The molecule has 0 radical (unpaired) electrons. The maximum absolute atomic E-state index is 14.8. The molecule has 1 unspecified atom stereocenters. The summed E-state index contributed by atoms with van der Waals surface area (Å²) in [6.45, 7) is 2.50. The second-order valence-corrected chi connectivity index (χ2v) is 9.78. The average molecular weight is 553 g/mol. The third-order valence-electron chi connectivity index (χ3n) is 5.75. The molecule has 11 heteroatoms. The van der Waals surface area contributed by atoms with Crippen LogP contribution in [0.5, 0.6) is 11.6 Å². The van der Waals surface area contributed by atoms with Crippen molar-refractivity contribution >= 4 is 22.6 Å². The van der Waals surface area contributed by atoms with Crippen molar-refractivity contribution in [3.05, 3.63) is 90.3 Å². The molecule has 0 spiro atoms. The third kappa shape index (κ3) is 8.01. The van der Waals surface area contributed by atoms with Crippen molar-refractivity contribution in [3.63, 3.8) is 0 Å². The van der Waals surface area contributed by atoms with Gasteiger partial charge in [0.1, 0.15) is 11.0 Å². The van der Waals surface area contributed by atoms with Gasteiger partial charge < -0.3 is 20.1 Å². The molecule has 1 atom stereocenters. The van der Waals surface area contributed by atoms with Crippen molar-refractivity contribution in [3.8, 4) is 22.9 Å². The Morgan fingerprint density at radius 2 is 1.72 bits per heavy atom. The zero-order valence-electron chi connectivity index (χ0n) is 21.5. The highest BCUT2D eigenvalue weighted by atomic mass is 32.2. The SMILES string of the molecule is C1CCNCC1.CNc1nccc(-c2cccnc2Oc2ccc(NS(=O)Cc3ccccc3)c(F)c2F)n1. The van der Waals surface area contributed by atoms with Crippen LogP contribution in [0.2, 0.25) is 0 Å². The summed E-state index contributed by atoms with van der Waals surface area (Å²) in [6.07, 6.45) is 7.24. The first-order valence-corrected chi connectivity index (χ1v) is 13.9. The molecule has 39 heavy (non-hydrogen) atoms. The fourth-order valence-corrected chi connectivity index (χ4v) is 4.75. The van der Waals surface area contributed by atoms with Gasteiger partial charge in [0, 0.05) is 19.4 Å². The number of nitrogens with one attached hydrogen (secondary N) is 3. The van der Waals surface area contributed by atoms with Crippen LogP contribution in [0.25, 0.3) is 11.3 Å². The fraction of sp³-hybridized carbons (Fsp3) is 0.250. The molecule has 1 saturated heterocycles. The number of nitrogens with zero attached hydrogens (tertiary/aromatic N) is 3. The first kappa shape index (κ1) is 28.1. The van der Waals surface area contributed by atoms with E-state index in [0.29, 0.717) is 17.2 Å². The summed E-state index contributed by atoms with van der Waals surface area (Å²) in [5.41, 5.74) is 1.54. The first-order valence-electron chi connectivity index (χ1n) is 12.6. The second kappa shape index (κ2) is 14.3. The molecule has 1 fully saturated rings. The van der Waals surface area contributed by atoms with Crippen LogP contribution in [0.1, 0.15) is 24.8 Å². The van der Waals surface area contributed by atoms with Crippen LogP contribution >= 0.6 is 0 Å². The smallest absolute Gasteiger partial charge is 0.228 e. The van der Waals surface area contributed by atoms with Crippen LogP contribution in [-0.2, 0) is 16.7 Å². The lowest BCUT2D eigenvalue weighted by Crippen LogP contribution is -2.21. The van der Waals surface area contributed by atoms with Crippen LogP contribution in [0.15, 0.2) is 73.1 Å². The van der Waals surface area contributed by atoms with E-state index >= 15 is 0 Å². The number of benzene rings is 2. The Kier molecular flexibility index (Phi) is 10.3. The van der Waals surface area contributed by atoms with Crippen LogP contribution in [-0.4, -0.2) is 39.3 Å². The molecule has 2 aromatic carbocycles. The lowest BCUT2D eigenvalue weighted by molar-refractivity contribution is 0.408. The van der Waals surface area contributed by atoms with Crippen molar-refractivity contribution in [1.82, 2.24) is 20.3 Å². The van der Waals surface area contributed by atoms with Crippen molar-refractivity contribution in [2.24, 2.45) is 0 Å². The molecule has 0 saturated carbocycles. The highest BCUT2D eigenvalue weighted by molar-refractivity contribution is 7.85. The lowest BCUT2D eigenvalue weighted by Gasteiger charge is -2.13. The van der Waals surface area contributed by atoms with Crippen LogP contribution in [0.4, 0.5) is 20.4 Å². The van der Waals surface area contributed by atoms with E-state index in [-0.39, 0.29) is 23.1 Å². The molecule has 0 amide bonds. The van der Waals surface area contributed by atoms with Gasteiger partial charge in [-0.3, -0.25) is 0 Å². The summed E-state index contributed by atoms with van der Waals surface area (Å²) >= 11 is 0. The lowest BCUT2D eigenvalue weighted by atomic mass is 10.2. The van der Waals surface area contributed by atoms with Gasteiger partial charge in [-0.2, -0.15) is 4.39 Å². The van der Waals surface area contributed by atoms with Gasteiger partial charge in [-0.25, -0.2) is 23.6 Å². The zero-order valence-corrected chi connectivity index (χ0v) is 22.3. The maximum Gasteiger partial charge on any atom is 0.228 e. The molecular weight excluding hydrogens is 522 g/mol. The van der Waals surface area contributed by atoms with Crippen molar-refractivity contribution in [2.45, 2.75) is 25.0 Å². The molecular formula is C28H30F2N6O2S. The quantitative estimate of drug-likeness (QED) is 0.258. The summed E-state index contributed by atoms with van der Waals surface area (Å²) < 4.78 is 49.9. The molecule has 5 rings (SSSR count). The number of anilines is 2. The van der Waals surface area contributed by atoms with E-state index in [9.17, 15) is 13.0 Å². The minimum absolute atomic E-state index is 0.0462. The number of halogens is 2. The normalized spacial score (nSPS) is 13.5. The predicted molar refractivity (Wildman–Crippen MR) is 150 cm³/mol. The Hall–Kier alpha value is -3.96. The van der Waals surface area contributed by atoms with E-state index < -0.39 is 22.6 Å². The van der Waals surface area contributed by atoms with Crippen LogP contribution in [0, 0.1) is 11.6 Å². The fourth-order valence-electron chi connectivity index (χ4n) is 3.78. The number of hydrogen-bond acceptors (Lipinski definition) is 7. The van der Waals surface area contributed by atoms with Gasteiger partial charge in [0.25, 0.3) is 0 Å². The average Bonchev–Trinajstić information content (AvgIpc) is 2.99. The number of aromatic nitrogens is 3. The van der Waals surface area contributed by atoms with Gasteiger partial charge in [0.15, 0.2) is 11.6 Å². The van der Waals surface area contributed by atoms with E-state index in [1.54, 1.807) is 43.6 Å². The molecule has 0 bridgehead atoms. The van der Waals surface area contributed by atoms with E-state index in [1.165, 1.54) is 50.7 Å². The zero-order chi connectivity index (χ0) is 27.5. The molecule has 8 nitrogen and oxygen atoms in total. The summed E-state index contributed by atoms with van der Waals surface area (Å²) in [6, 6.07) is 16.6. The Morgan fingerprint density at radius 3 is 2.41 bits per heavy atom. The molecule has 204 valence electrons. The topological polar surface area (TPSA) is 101 Å². The monoisotopic (exact) mass is 552 g/mol. The number of piperidine rings is 1. The number of ether oxygens (including phenoxy) is 1. The van der Waals surface area contributed by atoms with Crippen LogP contribution < -0.4 is 20.1 Å². The van der Waals surface area contributed by atoms with Gasteiger partial charge in [0.05, 0.1) is 22.7 Å².